The minimum atomic E-state index is -0.883. The van der Waals surface area contributed by atoms with E-state index in [2.05, 4.69) is 20.6 Å². The molecule has 0 saturated carbocycles. The average Bonchev–Trinajstić information content (AvgIpc) is 2.89. The van der Waals surface area contributed by atoms with Gasteiger partial charge >= 0.3 is 0 Å². The van der Waals surface area contributed by atoms with Gasteiger partial charge < -0.3 is 10.6 Å². The van der Waals surface area contributed by atoms with Crippen molar-refractivity contribution in [3.63, 3.8) is 0 Å². The predicted octanol–water partition coefficient (Wildman–Crippen LogP) is 2.99. The second kappa shape index (κ2) is 11.6. The van der Waals surface area contributed by atoms with Crippen molar-refractivity contribution in [1.82, 2.24) is 15.6 Å². The van der Waals surface area contributed by atoms with E-state index in [0.717, 1.165) is 22.2 Å². The molecule has 0 aliphatic carbocycles. The Labute approximate surface area is 173 Å². The average molecular weight is 492 g/mol. The molecule has 0 spiro atoms. The molecule has 0 aliphatic rings. The summed E-state index contributed by atoms with van der Waals surface area (Å²) >= 11 is 1.69. The summed E-state index contributed by atoms with van der Waals surface area (Å²) in [6.07, 6.45) is 0. The Morgan fingerprint density at radius 2 is 1.96 bits per heavy atom. The standard InChI is InChI=1S/C17H24N4OS2.HI/c1-13-16(23-14(2)21-13)11-20-17(18-3)19-9-10-24(22)12-15-7-5-4-6-8-15;/h4-8H,9-12H2,1-3H3,(H2,18,19,20);1H. The number of benzene rings is 1. The third-order valence-electron chi connectivity index (χ3n) is 3.43. The number of nitrogens with zero attached hydrogens (tertiary/aromatic N) is 2. The Morgan fingerprint density at radius 3 is 2.56 bits per heavy atom. The van der Waals surface area contributed by atoms with Gasteiger partial charge in [-0.2, -0.15) is 0 Å². The highest BCUT2D eigenvalue weighted by molar-refractivity contribution is 14.0. The van der Waals surface area contributed by atoms with E-state index >= 15 is 0 Å². The van der Waals surface area contributed by atoms with Crippen molar-refractivity contribution in [3.8, 4) is 0 Å². The van der Waals surface area contributed by atoms with Crippen molar-refractivity contribution in [2.75, 3.05) is 19.3 Å². The van der Waals surface area contributed by atoms with E-state index in [1.165, 1.54) is 4.88 Å². The first-order chi connectivity index (χ1) is 11.6. The van der Waals surface area contributed by atoms with Gasteiger partial charge in [0.1, 0.15) is 0 Å². The van der Waals surface area contributed by atoms with E-state index in [1.807, 2.05) is 44.2 Å². The Morgan fingerprint density at radius 1 is 1.24 bits per heavy atom. The van der Waals surface area contributed by atoms with Gasteiger partial charge in [0.15, 0.2) is 5.96 Å². The maximum atomic E-state index is 12.1. The number of thiazole rings is 1. The van der Waals surface area contributed by atoms with Crippen LogP contribution in [0.25, 0.3) is 0 Å². The van der Waals surface area contributed by atoms with Crippen molar-refractivity contribution in [2.24, 2.45) is 4.99 Å². The molecule has 0 saturated heterocycles. The van der Waals surface area contributed by atoms with Gasteiger partial charge in [0, 0.05) is 40.8 Å². The molecule has 1 heterocycles. The number of hydrogen-bond acceptors (Lipinski definition) is 4. The maximum Gasteiger partial charge on any atom is 0.191 e. The van der Waals surface area contributed by atoms with Crippen LogP contribution in [-0.4, -0.2) is 34.5 Å². The number of aliphatic imine (C=N–C) groups is 1. The number of aromatic nitrogens is 1. The highest BCUT2D eigenvalue weighted by Crippen LogP contribution is 2.16. The minimum absolute atomic E-state index is 0. The fourth-order valence-electron chi connectivity index (χ4n) is 2.24. The van der Waals surface area contributed by atoms with Crippen LogP contribution in [0.2, 0.25) is 0 Å². The molecule has 2 rings (SSSR count). The van der Waals surface area contributed by atoms with Crippen LogP contribution in [0.1, 0.15) is 21.1 Å². The Balaban J connectivity index is 0.00000312. The van der Waals surface area contributed by atoms with Crippen LogP contribution in [0.5, 0.6) is 0 Å². The quantitative estimate of drug-likeness (QED) is 0.355. The zero-order chi connectivity index (χ0) is 17.4. The highest BCUT2D eigenvalue weighted by Gasteiger charge is 2.06. The number of rotatable bonds is 7. The molecule has 0 amide bonds. The molecule has 0 radical (unpaired) electrons. The van der Waals surface area contributed by atoms with Crippen molar-refractivity contribution in [2.45, 2.75) is 26.1 Å². The first-order valence-electron chi connectivity index (χ1n) is 7.85. The van der Waals surface area contributed by atoms with Crippen molar-refractivity contribution in [3.05, 3.63) is 51.5 Å². The first kappa shape index (κ1) is 22.0. The van der Waals surface area contributed by atoms with E-state index in [-0.39, 0.29) is 24.0 Å². The van der Waals surface area contributed by atoms with Crippen molar-refractivity contribution < 1.29 is 4.21 Å². The summed E-state index contributed by atoms with van der Waals surface area (Å²) in [4.78, 5) is 9.83. The molecule has 25 heavy (non-hydrogen) atoms. The molecule has 1 aromatic heterocycles. The molecular weight excluding hydrogens is 467 g/mol. The summed E-state index contributed by atoms with van der Waals surface area (Å²) in [7, 11) is 0.854. The lowest BCUT2D eigenvalue weighted by atomic mass is 10.2. The minimum Gasteiger partial charge on any atom is -0.355 e. The number of nitrogens with one attached hydrogen (secondary N) is 2. The molecule has 8 heteroatoms. The molecular formula is C17H25IN4OS2. The van der Waals surface area contributed by atoms with Crippen LogP contribution in [0.15, 0.2) is 35.3 Å². The second-order valence-corrected chi connectivity index (χ2v) is 8.23. The fourth-order valence-corrected chi connectivity index (χ4v) is 4.15. The third-order valence-corrected chi connectivity index (χ3v) is 5.82. The molecule has 0 fully saturated rings. The van der Waals surface area contributed by atoms with Gasteiger partial charge in [-0.3, -0.25) is 9.20 Å². The van der Waals surface area contributed by atoms with Crippen LogP contribution in [0, 0.1) is 13.8 Å². The second-order valence-electron chi connectivity index (χ2n) is 5.37. The molecule has 1 aromatic carbocycles. The summed E-state index contributed by atoms with van der Waals surface area (Å²) in [6.45, 7) is 5.35. The van der Waals surface area contributed by atoms with E-state index in [1.54, 1.807) is 18.4 Å². The summed E-state index contributed by atoms with van der Waals surface area (Å²) in [5.41, 5.74) is 2.17. The molecule has 2 N–H and O–H groups in total. The normalized spacial score (nSPS) is 12.4. The third kappa shape index (κ3) is 7.83. The van der Waals surface area contributed by atoms with Gasteiger partial charge in [-0.05, 0) is 19.4 Å². The van der Waals surface area contributed by atoms with Crippen LogP contribution in [0.4, 0.5) is 0 Å². The van der Waals surface area contributed by atoms with Crippen LogP contribution in [0.3, 0.4) is 0 Å². The van der Waals surface area contributed by atoms with E-state index in [4.69, 9.17) is 0 Å². The number of guanidine groups is 1. The SMILES string of the molecule is CN=C(NCCS(=O)Cc1ccccc1)NCc1sc(C)nc1C.I. The van der Waals surface area contributed by atoms with Gasteiger partial charge in [-0.15, -0.1) is 35.3 Å². The van der Waals surface area contributed by atoms with Gasteiger partial charge in [-0.25, -0.2) is 4.98 Å². The van der Waals surface area contributed by atoms with Crippen LogP contribution < -0.4 is 10.6 Å². The topological polar surface area (TPSA) is 66.4 Å². The summed E-state index contributed by atoms with van der Waals surface area (Å²) in [5.74, 6) is 1.90. The molecule has 1 atom stereocenters. The number of aryl methyl sites for hydroxylation is 2. The highest BCUT2D eigenvalue weighted by atomic mass is 127. The lowest BCUT2D eigenvalue weighted by Crippen LogP contribution is -2.38. The Hall–Kier alpha value is -1.00. The fraction of sp³-hybridized carbons (Fsp3) is 0.412. The molecule has 5 nitrogen and oxygen atoms in total. The van der Waals surface area contributed by atoms with E-state index < -0.39 is 10.8 Å². The Kier molecular flexibility index (Phi) is 10.2. The van der Waals surface area contributed by atoms with E-state index in [0.29, 0.717) is 24.6 Å². The molecule has 2 aromatic rings. The van der Waals surface area contributed by atoms with Crippen molar-refractivity contribution >= 4 is 52.1 Å². The molecule has 0 aliphatic heterocycles. The Bertz CT molecular complexity index is 704. The van der Waals surface area contributed by atoms with Gasteiger partial charge in [0.2, 0.25) is 0 Å². The largest absolute Gasteiger partial charge is 0.355 e. The van der Waals surface area contributed by atoms with Gasteiger partial charge in [-0.1, -0.05) is 30.3 Å². The predicted molar refractivity (Wildman–Crippen MR) is 118 cm³/mol. The molecule has 1 unspecified atom stereocenters. The number of halogens is 1. The van der Waals surface area contributed by atoms with Gasteiger partial charge in [0.05, 0.1) is 17.2 Å². The van der Waals surface area contributed by atoms with Crippen molar-refractivity contribution in [1.29, 1.82) is 0 Å². The van der Waals surface area contributed by atoms with Crippen LogP contribution in [-0.2, 0) is 23.1 Å². The van der Waals surface area contributed by atoms with Gasteiger partial charge in [0.25, 0.3) is 0 Å². The number of hydrogen-bond donors (Lipinski definition) is 2. The monoisotopic (exact) mass is 492 g/mol. The maximum absolute atomic E-state index is 12.1. The van der Waals surface area contributed by atoms with Crippen LogP contribution >= 0.6 is 35.3 Å². The zero-order valence-corrected chi connectivity index (χ0v) is 18.7. The summed E-state index contributed by atoms with van der Waals surface area (Å²) in [6, 6.07) is 9.92. The zero-order valence-electron chi connectivity index (χ0n) is 14.7. The summed E-state index contributed by atoms with van der Waals surface area (Å²) < 4.78 is 12.1. The van der Waals surface area contributed by atoms with E-state index in [9.17, 15) is 4.21 Å². The smallest absolute Gasteiger partial charge is 0.191 e. The molecule has 138 valence electrons. The lowest BCUT2D eigenvalue weighted by Gasteiger charge is -2.11. The summed E-state index contributed by atoms with van der Waals surface area (Å²) in [5, 5.41) is 7.56. The molecule has 0 bridgehead atoms. The first-order valence-corrected chi connectivity index (χ1v) is 10.1. The lowest BCUT2D eigenvalue weighted by molar-refractivity contribution is 0.680.